The highest BCUT2D eigenvalue weighted by molar-refractivity contribution is 6.60. The molecule has 0 spiro atoms. The molecule has 2 bridgehead atoms. The topological polar surface area (TPSA) is 57.2 Å². The molecule has 1 unspecified atom stereocenters. The highest BCUT2D eigenvalue weighted by Crippen LogP contribution is 2.24. The molecule has 0 aliphatic carbocycles. The summed E-state index contributed by atoms with van der Waals surface area (Å²) in [7, 11) is -2.63. The Hall–Kier alpha value is -0.733. The van der Waals surface area contributed by atoms with Gasteiger partial charge in [0.2, 0.25) is 0 Å². The normalized spacial score (nSPS) is 32.9. The van der Waals surface area contributed by atoms with E-state index in [-0.39, 0.29) is 12.1 Å². The van der Waals surface area contributed by atoms with Crippen molar-refractivity contribution in [3.63, 3.8) is 0 Å². The molecule has 0 aromatic heterocycles. The van der Waals surface area contributed by atoms with Crippen LogP contribution in [-0.4, -0.2) is 65.2 Å². The van der Waals surface area contributed by atoms with E-state index in [0.29, 0.717) is 37.9 Å². The van der Waals surface area contributed by atoms with Gasteiger partial charge in [-0.1, -0.05) is 6.58 Å². The standard InChI is InChI=1S/C14H25NO5Si/c1-12(2)14(16)17-7-4-10-21-18-8-5-15(6-9-19-21)11-13(3)20-21/h13H,1,4-11H2,2-3H3. The number of hydrogen-bond acceptors (Lipinski definition) is 6. The molecule has 3 fully saturated rings. The maximum Gasteiger partial charge on any atom is 0.501 e. The van der Waals surface area contributed by atoms with Crippen molar-refractivity contribution in [3.8, 4) is 0 Å². The molecule has 0 radical (unpaired) electrons. The molecule has 6 nitrogen and oxygen atoms in total. The van der Waals surface area contributed by atoms with E-state index in [1.54, 1.807) is 6.92 Å². The number of esters is 1. The van der Waals surface area contributed by atoms with Crippen LogP contribution >= 0.6 is 0 Å². The molecule has 0 aromatic carbocycles. The monoisotopic (exact) mass is 315 g/mol. The molecule has 120 valence electrons. The Kier molecular flexibility index (Phi) is 5.95. The summed E-state index contributed by atoms with van der Waals surface area (Å²) < 4.78 is 23.1. The van der Waals surface area contributed by atoms with Gasteiger partial charge in [0.1, 0.15) is 0 Å². The van der Waals surface area contributed by atoms with Gasteiger partial charge in [-0.05, 0) is 20.3 Å². The predicted molar refractivity (Wildman–Crippen MR) is 79.8 cm³/mol. The average Bonchev–Trinajstić information content (AvgIpc) is 2.37. The number of ether oxygens (including phenoxy) is 1. The van der Waals surface area contributed by atoms with Gasteiger partial charge < -0.3 is 18.0 Å². The molecule has 1 atom stereocenters. The van der Waals surface area contributed by atoms with E-state index in [2.05, 4.69) is 18.4 Å². The fourth-order valence-corrected chi connectivity index (χ4v) is 5.25. The third-order valence-corrected chi connectivity index (χ3v) is 6.58. The summed E-state index contributed by atoms with van der Waals surface area (Å²) in [5, 5.41) is 0. The Balaban J connectivity index is 1.85. The van der Waals surface area contributed by atoms with Gasteiger partial charge in [-0.15, -0.1) is 0 Å². The lowest BCUT2D eigenvalue weighted by molar-refractivity contribution is -0.139. The molecule has 3 heterocycles. The minimum atomic E-state index is -2.63. The summed E-state index contributed by atoms with van der Waals surface area (Å²) in [5.74, 6) is -0.351. The first-order chi connectivity index (χ1) is 10.0. The number of nitrogens with zero attached hydrogens (tertiary/aromatic N) is 1. The van der Waals surface area contributed by atoms with Crippen LogP contribution in [0.5, 0.6) is 0 Å². The van der Waals surface area contributed by atoms with Crippen LogP contribution in [0.2, 0.25) is 6.04 Å². The van der Waals surface area contributed by atoms with E-state index in [1.807, 2.05) is 0 Å². The second-order valence-corrected chi connectivity index (χ2v) is 8.31. The van der Waals surface area contributed by atoms with Crippen LogP contribution in [-0.2, 0) is 22.8 Å². The maximum atomic E-state index is 11.3. The Morgan fingerprint density at radius 2 is 2.05 bits per heavy atom. The van der Waals surface area contributed by atoms with Crippen LogP contribution < -0.4 is 0 Å². The molecule has 0 aromatic rings. The summed E-state index contributed by atoms with van der Waals surface area (Å²) >= 11 is 0. The number of carbonyl (C=O) groups is 1. The Morgan fingerprint density at radius 1 is 1.38 bits per heavy atom. The van der Waals surface area contributed by atoms with Gasteiger partial charge in [-0.2, -0.15) is 0 Å². The van der Waals surface area contributed by atoms with Crippen molar-refractivity contribution in [1.82, 2.24) is 4.90 Å². The van der Waals surface area contributed by atoms with Crippen molar-refractivity contribution in [2.24, 2.45) is 0 Å². The summed E-state index contributed by atoms with van der Waals surface area (Å²) in [5.41, 5.74) is 0.416. The third-order valence-electron chi connectivity index (χ3n) is 3.56. The molecule has 0 N–H and O–H groups in total. The van der Waals surface area contributed by atoms with E-state index in [1.165, 1.54) is 0 Å². The van der Waals surface area contributed by atoms with Gasteiger partial charge in [-0.25, -0.2) is 4.79 Å². The Morgan fingerprint density at radius 3 is 2.67 bits per heavy atom. The van der Waals surface area contributed by atoms with Crippen LogP contribution in [0.15, 0.2) is 12.2 Å². The molecule has 3 rings (SSSR count). The number of carbonyl (C=O) groups excluding carboxylic acids is 1. The van der Waals surface area contributed by atoms with Gasteiger partial charge in [0.05, 0.1) is 25.9 Å². The molecule has 21 heavy (non-hydrogen) atoms. The molecule has 3 saturated heterocycles. The minimum absolute atomic E-state index is 0.107. The van der Waals surface area contributed by atoms with E-state index < -0.39 is 8.80 Å². The first-order valence-electron chi connectivity index (χ1n) is 7.51. The van der Waals surface area contributed by atoms with Crippen LogP contribution in [0.3, 0.4) is 0 Å². The zero-order chi connectivity index (χ0) is 15.3. The Labute approximate surface area is 127 Å². The quantitative estimate of drug-likeness (QED) is 0.329. The summed E-state index contributed by atoms with van der Waals surface area (Å²) in [6.45, 7) is 11.7. The van der Waals surface area contributed by atoms with Gasteiger partial charge in [-0.3, -0.25) is 4.90 Å². The molecule has 0 saturated carbocycles. The van der Waals surface area contributed by atoms with Crippen LogP contribution in [0, 0.1) is 0 Å². The first-order valence-corrected chi connectivity index (χ1v) is 9.45. The minimum Gasteiger partial charge on any atom is -0.462 e. The molecular formula is C14H25NO5Si. The van der Waals surface area contributed by atoms with Crippen LogP contribution in [0.4, 0.5) is 0 Å². The summed E-state index contributed by atoms with van der Waals surface area (Å²) in [6, 6.07) is 0.681. The molecule has 7 heteroatoms. The maximum absolute atomic E-state index is 11.3. The molecule has 3 aliphatic rings. The predicted octanol–water partition coefficient (Wildman–Crippen LogP) is 1.20. The number of hydrogen-bond donors (Lipinski definition) is 0. The van der Waals surface area contributed by atoms with E-state index in [9.17, 15) is 4.79 Å². The fourth-order valence-electron chi connectivity index (χ4n) is 2.55. The highest BCUT2D eigenvalue weighted by atomic mass is 28.4. The van der Waals surface area contributed by atoms with Gasteiger partial charge >= 0.3 is 14.8 Å². The lowest BCUT2D eigenvalue weighted by Crippen LogP contribution is -2.57. The molecular weight excluding hydrogens is 290 g/mol. The van der Waals surface area contributed by atoms with Crippen LogP contribution in [0.25, 0.3) is 0 Å². The summed E-state index contributed by atoms with van der Waals surface area (Å²) in [6.07, 6.45) is 0.789. The van der Waals surface area contributed by atoms with Crippen LogP contribution in [0.1, 0.15) is 20.3 Å². The van der Waals surface area contributed by atoms with Crippen molar-refractivity contribution in [3.05, 3.63) is 12.2 Å². The van der Waals surface area contributed by atoms with Crippen molar-refractivity contribution in [1.29, 1.82) is 0 Å². The van der Waals surface area contributed by atoms with Gasteiger partial charge in [0.25, 0.3) is 0 Å². The number of fused-ring (bicyclic) bond motifs is 6. The first kappa shape index (κ1) is 16.6. The molecule has 3 aliphatic heterocycles. The molecule has 0 amide bonds. The zero-order valence-corrected chi connectivity index (χ0v) is 13.9. The lowest BCUT2D eigenvalue weighted by atomic mass is 10.3. The van der Waals surface area contributed by atoms with Gasteiger partial charge in [0, 0.05) is 31.3 Å². The smallest absolute Gasteiger partial charge is 0.462 e. The van der Waals surface area contributed by atoms with Crippen molar-refractivity contribution in [2.45, 2.75) is 32.4 Å². The lowest BCUT2D eigenvalue weighted by Gasteiger charge is -2.40. The Bertz CT molecular complexity index is 380. The van der Waals surface area contributed by atoms with Crippen molar-refractivity contribution in [2.75, 3.05) is 39.5 Å². The fraction of sp³-hybridized carbons (Fsp3) is 0.786. The van der Waals surface area contributed by atoms with Crippen molar-refractivity contribution >= 4 is 14.8 Å². The van der Waals surface area contributed by atoms with Crippen molar-refractivity contribution < 1.29 is 22.8 Å². The second kappa shape index (κ2) is 7.51. The van der Waals surface area contributed by atoms with Gasteiger partial charge in [0.15, 0.2) is 0 Å². The SMILES string of the molecule is C=C(C)C(=O)OCCC[Si]12OCCN(CCO1)CC(C)O2. The zero-order valence-electron chi connectivity index (χ0n) is 12.9. The highest BCUT2D eigenvalue weighted by Gasteiger charge is 2.45. The van der Waals surface area contributed by atoms with E-state index in [4.69, 9.17) is 18.0 Å². The average molecular weight is 315 g/mol. The second-order valence-electron chi connectivity index (χ2n) is 5.63. The largest absolute Gasteiger partial charge is 0.501 e. The van der Waals surface area contributed by atoms with E-state index >= 15 is 0 Å². The van der Waals surface area contributed by atoms with E-state index in [0.717, 1.165) is 19.6 Å². The summed E-state index contributed by atoms with van der Waals surface area (Å²) in [4.78, 5) is 13.7. The third kappa shape index (κ3) is 4.89. The number of rotatable bonds is 5.